The number of aliphatic hydroxyl groups excluding tert-OH is 1. The number of carbonyl (C=O) groups excluding carboxylic acids is 1. The summed E-state index contributed by atoms with van der Waals surface area (Å²) in [5, 5.41) is 26.9. The second-order valence-electron chi connectivity index (χ2n) is 7.29. The van der Waals surface area contributed by atoms with E-state index < -0.39 is 5.60 Å². The van der Waals surface area contributed by atoms with E-state index in [1.54, 1.807) is 23.0 Å². The number of aromatic nitrogens is 2. The van der Waals surface area contributed by atoms with Crippen molar-refractivity contribution in [3.05, 3.63) is 36.0 Å². The average Bonchev–Trinajstić information content (AvgIpc) is 3.01. The van der Waals surface area contributed by atoms with E-state index in [1.165, 1.54) is 0 Å². The normalized spacial score (nSPS) is 16.7. The van der Waals surface area contributed by atoms with Crippen LogP contribution in [0, 0.1) is 0 Å². The molecule has 0 bridgehead atoms. The summed E-state index contributed by atoms with van der Waals surface area (Å²) in [6.07, 6.45) is 7.31. The van der Waals surface area contributed by atoms with Gasteiger partial charge < -0.3 is 21.3 Å². The Morgan fingerprint density at radius 1 is 1.22 bits per heavy atom. The maximum atomic E-state index is 12.7. The predicted octanol–water partition coefficient (Wildman–Crippen LogP) is 1.94. The Bertz CT molecular complexity index is 779. The molecule has 0 spiro atoms. The molecule has 1 fully saturated rings. The average molecular weight is 372 g/mol. The van der Waals surface area contributed by atoms with Crippen molar-refractivity contribution < 1.29 is 15.0 Å². The summed E-state index contributed by atoms with van der Waals surface area (Å²) in [7, 11) is 0. The van der Waals surface area contributed by atoms with Crippen molar-refractivity contribution in [1.29, 1.82) is 0 Å². The molecule has 0 atom stereocenters. The molecular weight excluding hydrogens is 344 g/mol. The van der Waals surface area contributed by atoms with E-state index in [9.17, 15) is 9.90 Å². The predicted molar refractivity (Wildman–Crippen MR) is 104 cm³/mol. The fourth-order valence-electron chi connectivity index (χ4n) is 3.67. The largest absolute Gasteiger partial charge is 0.398 e. The maximum absolute atomic E-state index is 12.7. The molecule has 7 heteroatoms. The second-order valence-corrected chi connectivity index (χ2v) is 7.29. The summed E-state index contributed by atoms with van der Waals surface area (Å²) in [5.41, 5.74) is 7.55. The van der Waals surface area contributed by atoms with Crippen molar-refractivity contribution in [2.45, 2.75) is 50.7 Å². The number of aliphatic hydroxyl groups is 2. The van der Waals surface area contributed by atoms with E-state index in [2.05, 4.69) is 10.4 Å². The van der Waals surface area contributed by atoms with Gasteiger partial charge >= 0.3 is 0 Å². The van der Waals surface area contributed by atoms with Crippen LogP contribution in [0.5, 0.6) is 0 Å². The first-order chi connectivity index (χ1) is 13.0. The Labute approximate surface area is 159 Å². The molecule has 27 heavy (non-hydrogen) atoms. The topological polar surface area (TPSA) is 113 Å². The van der Waals surface area contributed by atoms with Crippen molar-refractivity contribution in [3.63, 3.8) is 0 Å². The lowest BCUT2D eigenvalue weighted by molar-refractivity contribution is 0.0246. The molecule has 2 aromatic rings. The van der Waals surface area contributed by atoms with Crippen molar-refractivity contribution in [2.24, 2.45) is 0 Å². The maximum Gasteiger partial charge on any atom is 0.253 e. The molecule has 3 rings (SSSR count). The Balaban J connectivity index is 1.75. The number of carbonyl (C=O) groups is 1. The molecule has 0 unspecified atom stereocenters. The minimum absolute atomic E-state index is 0.0183. The van der Waals surface area contributed by atoms with E-state index in [-0.39, 0.29) is 19.1 Å². The molecule has 0 aliphatic heterocycles. The van der Waals surface area contributed by atoms with E-state index in [4.69, 9.17) is 10.8 Å². The standard InChI is InChI=1S/C20H28N4O3/c21-17-6-5-15(18-7-10-23-24(18)11-12-25)13-16(17)19(26)22-14-20(27)8-3-1-2-4-9-20/h5-7,10,13,25,27H,1-4,8-9,11-12,14,21H2,(H,22,26). The molecule has 1 amide bonds. The highest BCUT2D eigenvalue weighted by Crippen LogP contribution is 2.27. The molecule has 0 saturated heterocycles. The minimum Gasteiger partial charge on any atom is -0.398 e. The molecule has 1 saturated carbocycles. The molecule has 1 aliphatic rings. The van der Waals surface area contributed by atoms with Gasteiger partial charge in [0, 0.05) is 24.0 Å². The van der Waals surface area contributed by atoms with Gasteiger partial charge in [0.15, 0.2) is 0 Å². The number of benzene rings is 1. The molecule has 1 aromatic carbocycles. The van der Waals surface area contributed by atoms with Crippen LogP contribution in [0.3, 0.4) is 0 Å². The van der Waals surface area contributed by atoms with Crippen molar-refractivity contribution in [3.8, 4) is 11.3 Å². The molecule has 1 aliphatic carbocycles. The van der Waals surface area contributed by atoms with Gasteiger partial charge in [0.1, 0.15) is 0 Å². The molecule has 5 N–H and O–H groups in total. The fraction of sp³-hybridized carbons (Fsp3) is 0.500. The lowest BCUT2D eigenvalue weighted by Gasteiger charge is -2.27. The van der Waals surface area contributed by atoms with Crippen LogP contribution in [0.2, 0.25) is 0 Å². The lowest BCUT2D eigenvalue weighted by Crippen LogP contribution is -2.42. The molecule has 146 valence electrons. The third-order valence-electron chi connectivity index (χ3n) is 5.23. The highest BCUT2D eigenvalue weighted by molar-refractivity contribution is 6.00. The SMILES string of the molecule is Nc1ccc(-c2ccnn2CCO)cc1C(=O)NCC1(O)CCCCCC1. The monoisotopic (exact) mass is 372 g/mol. The van der Waals surface area contributed by atoms with E-state index in [0.29, 0.717) is 30.6 Å². The van der Waals surface area contributed by atoms with Gasteiger partial charge in [-0.25, -0.2) is 0 Å². The van der Waals surface area contributed by atoms with Gasteiger partial charge in [0.2, 0.25) is 0 Å². The number of anilines is 1. The first-order valence-corrected chi connectivity index (χ1v) is 9.55. The van der Waals surface area contributed by atoms with Crippen LogP contribution >= 0.6 is 0 Å². The summed E-state index contributed by atoms with van der Waals surface area (Å²) in [6, 6.07) is 7.08. The summed E-state index contributed by atoms with van der Waals surface area (Å²) >= 11 is 0. The van der Waals surface area contributed by atoms with Gasteiger partial charge in [-0.05, 0) is 31.0 Å². The van der Waals surface area contributed by atoms with E-state index >= 15 is 0 Å². The Morgan fingerprint density at radius 3 is 2.67 bits per heavy atom. The van der Waals surface area contributed by atoms with Gasteiger partial charge in [-0.2, -0.15) is 5.10 Å². The van der Waals surface area contributed by atoms with E-state index in [1.807, 2.05) is 12.1 Å². The fourth-order valence-corrected chi connectivity index (χ4v) is 3.67. The molecule has 0 radical (unpaired) electrons. The number of rotatable bonds is 6. The smallest absolute Gasteiger partial charge is 0.253 e. The van der Waals surface area contributed by atoms with Gasteiger partial charge in [-0.1, -0.05) is 31.7 Å². The van der Waals surface area contributed by atoms with Crippen LogP contribution in [-0.4, -0.2) is 44.7 Å². The van der Waals surface area contributed by atoms with Crippen LogP contribution in [0.15, 0.2) is 30.5 Å². The summed E-state index contributed by atoms with van der Waals surface area (Å²) in [6.45, 7) is 0.592. The summed E-state index contributed by atoms with van der Waals surface area (Å²) < 4.78 is 1.68. The first-order valence-electron chi connectivity index (χ1n) is 9.55. The van der Waals surface area contributed by atoms with Crippen molar-refractivity contribution >= 4 is 11.6 Å². The third-order valence-corrected chi connectivity index (χ3v) is 5.23. The Kier molecular flexibility index (Phi) is 6.13. The van der Waals surface area contributed by atoms with Gasteiger partial charge in [0.05, 0.1) is 30.0 Å². The van der Waals surface area contributed by atoms with E-state index in [0.717, 1.165) is 36.9 Å². The highest BCUT2D eigenvalue weighted by Gasteiger charge is 2.28. The zero-order chi connectivity index (χ0) is 19.3. The third kappa shape index (κ3) is 4.67. The minimum atomic E-state index is -0.835. The number of nitrogens with zero attached hydrogens (tertiary/aromatic N) is 2. The molecular formula is C20H28N4O3. The number of hydrogen-bond acceptors (Lipinski definition) is 5. The number of hydrogen-bond donors (Lipinski definition) is 4. The van der Waals surface area contributed by atoms with Gasteiger partial charge in [0.25, 0.3) is 5.91 Å². The second kappa shape index (κ2) is 8.54. The number of amides is 1. The zero-order valence-electron chi connectivity index (χ0n) is 15.5. The zero-order valence-corrected chi connectivity index (χ0v) is 15.5. The molecule has 7 nitrogen and oxygen atoms in total. The number of nitrogen functional groups attached to an aromatic ring is 1. The highest BCUT2D eigenvalue weighted by atomic mass is 16.3. The van der Waals surface area contributed by atoms with Crippen molar-refractivity contribution in [2.75, 3.05) is 18.9 Å². The molecule has 1 aromatic heterocycles. The Hall–Kier alpha value is -2.38. The van der Waals surface area contributed by atoms with Crippen LogP contribution in [0.25, 0.3) is 11.3 Å². The summed E-state index contributed by atoms with van der Waals surface area (Å²) in [5.74, 6) is -0.291. The van der Waals surface area contributed by atoms with Gasteiger partial charge in [-0.3, -0.25) is 9.48 Å². The van der Waals surface area contributed by atoms with Crippen LogP contribution in [0.4, 0.5) is 5.69 Å². The Morgan fingerprint density at radius 2 is 1.96 bits per heavy atom. The number of nitrogens with one attached hydrogen (secondary N) is 1. The van der Waals surface area contributed by atoms with Crippen LogP contribution in [-0.2, 0) is 6.54 Å². The first kappa shape index (κ1) is 19.4. The van der Waals surface area contributed by atoms with Gasteiger partial charge in [-0.15, -0.1) is 0 Å². The van der Waals surface area contributed by atoms with Crippen LogP contribution in [0.1, 0.15) is 48.9 Å². The van der Waals surface area contributed by atoms with Crippen LogP contribution < -0.4 is 11.1 Å². The quantitative estimate of drug-likeness (QED) is 0.457. The number of nitrogens with two attached hydrogens (primary N) is 1. The van der Waals surface area contributed by atoms with Crippen molar-refractivity contribution in [1.82, 2.24) is 15.1 Å². The summed E-state index contributed by atoms with van der Waals surface area (Å²) in [4.78, 5) is 12.7. The lowest BCUT2D eigenvalue weighted by atomic mass is 9.94. The molecule has 1 heterocycles.